The summed E-state index contributed by atoms with van der Waals surface area (Å²) in [6.07, 6.45) is -4.67. The van der Waals surface area contributed by atoms with Crippen LogP contribution < -0.4 is 4.18 Å². The van der Waals surface area contributed by atoms with Crippen LogP contribution >= 0.6 is 0 Å². The van der Waals surface area contributed by atoms with Crippen LogP contribution in [0.2, 0.25) is 0 Å². The van der Waals surface area contributed by atoms with E-state index in [1.807, 2.05) is 34.6 Å². The van der Waals surface area contributed by atoms with Gasteiger partial charge in [-0.25, -0.2) is 0 Å². The third-order valence-corrected chi connectivity index (χ3v) is 5.70. The van der Waals surface area contributed by atoms with E-state index in [-0.39, 0.29) is 17.7 Å². The summed E-state index contributed by atoms with van der Waals surface area (Å²) in [6.45, 7) is 9.64. The number of benzene rings is 2. The maximum atomic E-state index is 12.9. The Morgan fingerprint density at radius 3 is 2.10 bits per heavy atom. The number of hydrogen-bond acceptors (Lipinski definition) is 4. The highest BCUT2D eigenvalue weighted by atomic mass is 32.2. The van der Waals surface area contributed by atoms with E-state index in [1.165, 1.54) is 12.1 Å². The fraction of sp³-hybridized carbons (Fsp3) is 0.409. The van der Waals surface area contributed by atoms with E-state index in [9.17, 15) is 26.4 Å². The summed E-state index contributed by atoms with van der Waals surface area (Å²) in [6, 6.07) is 9.36. The Morgan fingerprint density at radius 2 is 1.61 bits per heavy atom. The van der Waals surface area contributed by atoms with Crippen molar-refractivity contribution in [2.75, 3.05) is 0 Å². The Kier molecular flexibility index (Phi) is 7.10. The number of carbonyl (C=O) groups is 1. The summed E-state index contributed by atoms with van der Waals surface area (Å²) in [5.74, 6) is -0.0608. The number of alkyl halides is 3. The van der Waals surface area contributed by atoms with E-state index in [1.54, 1.807) is 17.0 Å². The number of amides is 1. The zero-order valence-corrected chi connectivity index (χ0v) is 18.8. The van der Waals surface area contributed by atoms with Crippen LogP contribution in [-0.4, -0.2) is 25.3 Å². The molecule has 0 aliphatic rings. The van der Waals surface area contributed by atoms with Gasteiger partial charge in [0.25, 0.3) is 0 Å². The zero-order valence-electron chi connectivity index (χ0n) is 18.0. The molecule has 5 nitrogen and oxygen atoms in total. The highest BCUT2D eigenvalue weighted by Crippen LogP contribution is 2.31. The molecule has 0 aliphatic carbocycles. The molecule has 0 N–H and O–H groups in total. The fourth-order valence-electron chi connectivity index (χ4n) is 2.77. The second-order valence-electron chi connectivity index (χ2n) is 8.48. The zero-order chi connectivity index (χ0) is 23.6. The Bertz CT molecular complexity index is 1020. The van der Waals surface area contributed by atoms with Gasteiger partial charge in [-0.1, -0.05) is 39.0 Å². The van der Waals surface area contributed by atoms with Crippen molar-refractivity contribution in [3.05, 3.63) is 59.7 Å². The van der Waals surface area contributed by atoms with Gasteiger partial charge in [-0.2, -0.15) is 21.6 Å². The van der Waals surface area contributed by atoms with Crippen molar-refractivity contribution in [1.29, 1.82) is 0 Å². The molecule has 0 saturated carbocycles. The van der Waals surface area contributed by atoms with Crippen LogP contribution in [0, 0.1) is 5.41 Å². The van der Waals surface area contributed by atoms with Gasteiger partial charge in [0.15, 0.2) is 0 Å². The lowest BCUT2D eigenvalue weighted by Gasteiger charge is -2.32. The van der Waals surface area contributed by atoms with Crippen molar-refractivity contribution in [2.45, 2.75) is 58.3 Å². The molecule has 0 saturated heterocycles. The van der Waals surface area contributed by atoms with Crippen LogP contribution in [0.25, 0.3) is 0 Å². The second kappa shape index (κ2) is 8.90. The molecule has 0 bridgehead atoms. The summed E-state index contributed by atoms with van der Waals surface area (Å²) < 4.78 is 68.3. The molecule has 0 unspecified atom stereocenters. The number of hydrogen-bond donors (Lipinski definition) is 0. The van der Waals surface area contributed by atoms with E-state index in [4.69, 9.17) is 4.18 Å². The van der Waals surface area contributed by atoms with Crippen LogP contribution in [0.15, 0.2) is 53.4 Å². The minimum atomic E-state index is -4.67. The lowest BCUT2D eigenvalue weighted by molar-refractivity contribution is -0.142. The highest BCUT2D eigenvalue weighted by Gasteiger charge is 2.32. The summed E-state index contributed by atoms with van der Waals surface area (Å²) in [7, 11) is -4.44. The molecule has 0 fully saturated rings. The summed E-state index contributed by atoms with van der Waals surface area (Å²) in [5.41, 5.74) is -0.869. The quantitative estimate of drug-likeness (QED) is 0.556. The molecule has 0 atom stereocenters. The third kappa shape index (κ3) is 6.46. The van der Waals surface area contributed by atoms with Gasteiger partial charge in [-0.15, -0.1) is 0 Å². The van der Waals surface area contributed by atoms with E-state index >= 15 is 0 Å². The first kappa shape index (κ1) is 24.7. The molecular weight excluding hydrogens is 431 g/mol. The number of rotatable bonds is 6. The number of nitrogens with zero attached hydrogens (tertiary/aromatic N) is 1. The summed E-state index contributed by atoms with van der Waals surface area (Å²) >= 11 is 0. The van der Waals surface area contributed by atoms with Crippen molar-refractivity contribution in [2.24, 2.45) is 5.41 Å². The summed E-state index contributed by atoms with van der Waals surface area (Å²) in [4.78, 5) is 13.8. The molecule has 0 spiro atoms. The van der Waals surface area contributed by atoms with Crippen molar-refractivity contribution >= 4 is 16.0 Å². The van der Waals surface area contributed by atoms with Crippen LogP contribution in [0.5, 0.6) is 5.75 Å². The minimum Gasteiger partial charge on any atom is -0.379 e. The van der Waals surface area contributed by atoms with Gasteiger partial charge in [0.05, 0.1) is 5.56 Å². The highest BCUT2D eigenvalue weighted by molar-refractivity contribution is 7.87. The molecule has 2 rings (SSSR count). The second-order valence-corrected chi connectivity index (χ2v) is 10.0. The van der Waals surface area contributed by atoms with Gasteiger partial charge >= 0.3 is 16.3 Å². The minimum absolute atomic E-state index is 0.0186. The monoisotopic (exact) mass is 457 g/mol. The molecule has 2 aromatic carbocycles. The average Bonchev–Trinajstić information content (AvgIpc) is 2.65. The largest absolute Gasteiger partial charge is 0.416 e. The Morgan fingerprint density at radius 1 is 1.03 bits per heavy atom. The fourth-order valence-corrected chi connectivity index (χ4v) is 3.75. The Hall–Kier alpha value is -2.55. The summed E-state index contributed by atoms with van der Waals surface area (Å²) in [5, 5.41) is 0. The normalized spacial score (nSPS) is 12.7. The van der Waals surface area contributed by atoms with Crippen molar-refractivity contribution in [1.82, 2.24) is 4.90 Å². The van der Waals surface area contributed by atoms with Gasteiger partial charge in [0.1, 0.15) is 10.6 Å². The maximum absolute atomic E-state index is 12.9. The van der Waals surface area contributed by atoms with Crippen LogP contribution in [0.3, 0.4) is 0 Å². The van der Waals surface area contributed by atoms with E-state index in [0.29, 0.717) is 12.6 Å². The molecule has 0 aromatic heterocycles. The Balaban J connectivity index is 2.19. The molecule has 0 radical (unpaired) electrons. The molecule has 0 heterocycles. The van der Waals surface area contributed by atoms with Gasteiger partial charge in [0, 0.05) is 18.0 Å². The lowest BCUT2D eigenvalue weighted by Crippen LogP contribution is -2.43. The standard InChI is InChI=1S/C22H26F3NO4S/c1-15(2)26(20(27)21(3,4)5)14-16-9-11-18(12-10-16)30-31(28,29)19-8-6-7-17(13-19)22(23,24)25/h6-13,15H,14H2,1-5H3. The van der Waals surface area contributed by atoms with E-state index in [2.05, 4.69) is 0 Å². The molecule has 9 heteroatoms. The molecule has 2 aromatic rings. The van der Waals surface area contributed by atoms with E-state index < -0.39 is 32.2 Å². The predicted octanol–water partition coefficient (Wildman–Crippen LogP) is 5.26. The number of carbonyl (C=O) groups excluding carboxylic acids is 1. The lowest BCUT2D eigenvalue weighted by atomic mass is 9.93. The first-order valence-corrected chi connectivity index (χ1v) is 11.0. The SMILES string of the molecule is CC(C)N(Cc1ccc(OS(=O)(=O)c2cccc(C(F)(F)F)c2)cc1)C(=O)C(C)(C)C. The predicted molar refractivity (Wildman–Crippen MR) is 111 cm³/mol. The van der Waals surface area contributed by atoms with Crippen LogP contribution in [-0.2, 0) is 27.6 Å². The van der Waals surface area contributed by atoms with E-state index in [0.717, 1.165) is 23.8 Å². The van der Waals surface area contributed by atoms with Gasteiger partial charge in [-0.3, -0.25) is 4.79 Å². The molecule has 31 heavy (non-hydrogen) atoms. The molecule has 0 aliphatic heterocycles. The molecule has 170 valence electrons. The van der Waals surface area contributed by atoms with Gasteiger partial charge < -0.3 is 9.08 Å². The first-order valence-electron chi connectivity index (χ1n) is 9.63. The molecule has 1 amide bonds. The smallest absolute Gasteiger partial charge is 0.379 e. The molecular formula is C22H26F3NO4S. The van der Waals surface area contributed by atoms with Gasteiger partial charge in [-0.05, 0) is 49.7 Å². The Labute approximate surface area is 181 Å². The van der Waals surface area contributed by atoms with Gasteiger partial charge in [0.2, 0.25) is 5.91 Å². The van der Waals surface area contributed by atoms with Crippen molar-refractivity contribution in [3.63, 3.8) is 0 Å². The van der Waals surface area contributed by atoms with Crippen LogP contribution in [0.4, 0.5) is 13.2 Å². The average molecular weight is 458 g/mol. The first-order chi connectivity index (χ1) is 14.1. The topological polar surface area (TPSA) is 63.7 Å². The number of halogens is 3. The van der Waals surface area contributed by atoms with Crippen LogP contribution in [0.1, 0.15) is 45.7 Å². The van der Waals surface area contributed by atoms with Crippen molar-refractivity contribution in [3.8, 4) is 5.75 Å². The van der Waals surface area contributed by atoms with Crippen molar-refractivity contribution < 1.29 is 30.6 Å². The maximum Gasteiger partial charge on any atom is 0.416 e. The third-order valence-electron chi connectivity index (χ3n) is 4.46.